The van der Waals surface area contributed by atoms with E-state index in [0.717, 1.165) is 11.3 Å². The van der Waals surface area contributed by atoms with E-state index in [9.17, 15) is 8.42 Å². The number of nitrogen functional groups attached to an aromatic ring is 1. The van der Waals surface area contributed by atoms with Gasteiger partial charge in [0.25, 0.3) is 0 Å². The fourth-order valence-electron chi connectivity index (χ4n) is 1.35. The molecule has 0 unspecified atom stereocenters. The summed E-state index contributed by atoms with van der Waals surface area (Å²) in [5, 5.41) is 3.02. The molecule has 0 aliphatic heterocycles. The van der Waals surface area contributed by atoms with Crippen molar-refractivity contribution in [2.75, 3.05) is 30.4 Å². The first-order chi connectivity index (χ1) is 7.43. The van der Waals surface area contributed by atoms with Crippen LogP contribution < -0.4 is 15.8 Å². The molecule has 1 rings (SSSR count). The van der Waals surface area contributed by atoms with Gasteiger partial charge in [0.05, 0.1) is 5.75 Å². The van der Waals surface area contributed by atoms with E-state index >= 15 is 0 Å². The largest absolute Gasteiger partial charge is 0.399 e. The summed E-state index contributed by atoms with van der Waals surface area (Å²) in [6.45, 7) is 2.29. The lowest BCUT2D eigenvalue weighted by molar-refractivity contribution is 0.588. The smallest absolute Gasteiger partial charge is 0.213 e. The second-order valence-corrected chi connectivity index (χ2v) is 5.63. The Balaban J connectivity index is 2.55. The summed E-state index contributed by atoms with van der Waals surface area (Å²) in [4.78, 5) is 0. The zero-order valence-electron chi connectivity index (χ0n) is 9.45. The van der Waals surface area contributed by atoms with Gasteiger partial charge >= 0.3 is 0 Å². The van der Waals surface area contributed by atoms with Gasteiger partial charge in [0.15, 0.2) is 0 Å². The predicted octanol–water partition coefficient (Wildman–Crippen LogP) is 0.538. The Bertz CT molecular complexity index is 437. The molecule has 0 atom stereocenters. The van der Waals surface area contributed by atoms with Crippen LogP contribution in [0.15, 0.2) is 18.2 Å². The van der Waals surface area contributed by atoms with E-state index in [1.54, 1.807) is 6.07 Å². The Morgan fingerprint density at radius 2 is 2.00 bits per heavy atom. The molecule has 5 nitrogen and oxygen atoms in total. The van der Waals surface area contributed by atoms with Crippen LogP contribution in [0.25, 0.3) is 0 Å². The van der Waals surface area contributed by atoms with Gasteiger partial charge < -0.3 is 11.1 Å². The van der Waals surface area contributed by atoms with E-state index in [2.05, 4.69) is 10.0 Å². The first-order valence-electron chi connectivity index (χ1n) is 4.95. The van der Waals surface area contributed by atoms with Crippen LogP contribution in [0.5, 0.6) is 0 Å². The third kappa shape index (κ3) is 4.08. The number of aryl methyl sites for hydroxylation is 1. The molecule has 90 valence electrons. The average molecular weight is 243 g/mol. The normalized spacial score (nSPS) is 11.4. The van der Waals surface area contributed by atoms with Crippen molar-refractivity contribution in [3.63, 3.8) is 0 Å². The van der Waals surface area contributed by atoms with Crippen molar-refractivity contribution >= 4 is 21.4 Å². The number of nitrogens with two attached hydrogens (primary N) is 1. The van der Waals surface area contributed by atoms with E-state index < -0.39 is 10.0 Å². The molecule has 0 saturated heterocycles. The molecule has 0 fully saturated rings. The van der Waals surface area contributed by atoms with Crippen LogP contribution in [0.2, 0.25) is 0 Å². The Morgan fingerprint density at radius 1 is 1.31 bits per heavy atom. The summed E-state index contributed by atoms with van der Waals surface area (Å²) in [6.07, 6.45) is 0. The summed E-state index contributed by atoms with van der Waals surface area (Å²) in [6, 6.07) is 5.55. The molecule has 0 spiro atoms. The van der Waals surface area contributed by atoms with Gasteiger partial charge in [-0.05, 0) is 37.7 Å². The molecule has 0 bridgehead atoms. The molecule has 0 aliphatic rings. The number of sulfonamides is 1. The third-order valence-electron chi connectivity index (χ3n) is 2.11. The highest BCUT2D eigenvalue weighted by atomic mass is 32.2. The van der Waals surface area contributed by atoms with E-state index in [-0.39, 0.29) is 5.75 Å². The number of hydrogen-bond donors (Lipinski definition) is 3. The first-order valence-corrected chi connectivity index (χ1v) is 6.60. The summed E-state index contributed by atoms with van der Waals surface area (Å²) in [5.41, 5.74) is 8.22. The van der Waals surface area contributed by atoms with E-state index in [1.807, 2.05) is 19.1 Å². The van der Waals surface area contributed by atoms with Crippen molar-refractivity contribution in [3.8, 4) is 0 Å². The maximum absolute atomic E-state index is 11.1. The van der Waals surface area contributed by atoms with Crippen molar-refractivity contribution in [2.24, 2.45) is 0 Å². The van der Waals surface area contributed by atoms with Crippen molar-refractivity contribution in [2.45, 2.75) is 6.92 Å². The second kappa shape index (κ2) is 5.18. The highest BCUT2D eigenvalue weighted by molar-refractivity contribution is 7.89. The molecule has 0 aliphatic carbocycles. The molecule has 4 N–H and O–H groups in total. The summed E-state index contributed by atoms with van der Waals surface area (Å²) >= 11 is 0. The second-order valence-electron chi connectivity index (χ2n) is 3.58. The number of anilines is 2. The van der Waals surface area contributed by atoms with Gasteiger partial charge in [0.2, 0.25) is 10.0 Å². The predicted molar refractivity (Wildman–Crippen MR) is 66.9 cm³/mol. The molecular weight excluding hydrogens is 226 g/mol. The topological polar surface area (TPSA) is 84.2 Å². The Kier molecular flexibility index (Phi) is 4.14. The van der Waals surface area contributed by atoms with Crippen molar-refractivity contribution in [1.29, 1.82) is 0 Å². The van der Waals surface area contributed by atoms with Crippen LogP contribution in [0, 0.1) is 6.92 Å². The standard InChI is InChI=1S/C10H17N3O2S/c1-8-5-9(11)7-10(6-8)13-3-4-16(14,15)12-2/h5-7,12-13H,3-4,11H2,1-2H3. The lowest BCUT2D eigenvalue weighted by atomic mass is 10.2. The van der Waals surface area contributed by atoms with Crippen molar-refractivity contribution < 1.29 is 8.42 Å². The van der Waals surface area contributed by atoms with Gasteiger partial charge in [-0.25, -0.2) is 13.1 Å². The van der Waals surface area contributed by atoms with Crippen LogP contribution in [0.3, 0.4) is 0 Å². The van der Waals surface area contributed by atoms with Crippen LogP contribution in [0.1, 0.15) is 5.56 Å². The third-order valence-corrected chi connectivity index (χ3v) is 3.47. The zero-order chi connectivity index (χ0) is 12.2. The summed E-state index contributed by atoms with van der Waals surface area (Å²) < 4.78 is 24.6. The van der Waals surface area contributed by atoms with Crippen LogP contribution >= 0.6 is 0 Å². The fraction of sp³-hybridized carbons (Fsp3) is 0.400. The highest BCUT2D eigenvalue weighted by Crippen LogP contribution is 2.15. The zero-order valence-corrected chi connectivity index (χ0v) is 10.3. The number of nitrogens with one attached hydrogen (secondary N) is 2. The minimum Gasteiger partial charge on any atom is -0.399 e. The summed E-state index contributed by atoms with van der Waals surface area (Å²) in [5.74, 6) is 0.0390. The number of hydrogen-bond acceptors (Lipinski definition) is 4. The molecule has 1 aromatic rings. The fourth-order valence-corrected chi connectivity index (χ4v) is 1.92. The molecular formula is C10H17N3O2S. The molecule has 0 saturated carbocycles. The van der Waals surface area contributed by atoms with Crippen molar-refractivity contribution in [3.05, 3.63) is 23.8 Å². The maximum atomic E-state index is 11.1. The Labute approximate surface area is 96.1 Å². The van der Waals surface area contributed by atoms with Gasteiger partial charge in [-0.1, -0.05) is 0 Å². The molecule has 16 heavy (non-hydrogen) atoms. The molecule has 0 radical (unpaired) electrons. The molecule has 6 heteroatoms. The van der Waals surface area contributed by atoms with Crippen molar-refractivity contribution in [1.82, 2.24) is 4.72 Å². The first kappa shape index (κ1) is 12.8. The van der Waals surface area contributed by atoms with E-state index in [1.165, 1.54) is 7.05 Å². The number of rotatable bonds is 5. The highest BCUT2D eigenvalue weighted by Gasteiger charge is 2.05. The van der Waals surface area contributed by atoms with Gasteiger partial charge in [-0.2, -0.15) is 0 Å². The molecule has 1 aromatic carbocycles. The van der Waals surface area contributed by atoms with Gasteiger partial charge in [0.1, 0.15) is 0 Å². The number of benzene rings is 1. The lowest BCUT2D eigenvalue weighted by Crippen LogP contribution is -2.26. The SMILES string of the molecule is CNS(=O)(=O)CCNc1cc(C)cc(N)c1. The average Bonchev–Trinajstić information content (AvgIpc) is 2.16. The Hall–Kier alpha value is -1.27. The van der Waals surface area contributed by atoms with E-state index in [0.29, 0.717) is 12.2 Å². The van der Waals surface area contributed by atoms with Gasteiger partial charge in [-0.3, -0.25) is 0 Å². The quantitative estimate of drug-likeness (QED) is 0.659. The lowest BCUT2D eigenvalue weighted by Gasteiger charge is -2.08. The molecule has 0 aromatic heterocycles. The summed E-state index contributed by atoms with van der Waals surface area (Å²) in [7, 11) is -1.75. The monoisotopic (exact) mass is 243 g/mol. The van der Waals surface area contributed by atoms with Crippen LogP contribution in [-0.2, 0) is 10.0 Å². The minimum atomic E-state index is -3.15. The van der Waals surface area contributed by atoms with Gasteiger partial charge in [-0.15, -0.1) is 0 Å². The molecule has 0 amide bonds. The van der Waals surface area contributed by atoms with Crippen LogP contribution in [-0.4, -0.2) is 27.8 Å². The van der Waals surface area contributed by atoms with Crippen LogP contribution in [0.4, 0.5) is 11.4 Å². The molecule has 0 heterocycles. The Morgan fingerprint density at radius 3 is 2.56 bits per heavy atom. The van der Waals surface area contributed by atoms with E-state index in [4.69, 9.17) is 5.73 Å². The van der Waals surface area contributed by atoms with Gasteiger partial charge in [0, 0.05) is 17.9 Å². The minimum absolute atomic E-state index is 0.0390. The maximum Gasteiger partial charge on any atom is 0.213 e.